The van der Waals surface area contributed by atoms with Crippen molar-refractivity contribution in [2.75, 3.05) is 19.6 Å². The Morgan fingerprint density at radius 2 is 1.84 bits per heavy atom. The van der Waals surface area contributed by atoms with Crippen LogP contribution in [0.5, 0.6) is 11.5 Å². The van der Waals surface area contributed by atoms with E-state index in [0.717, 1.165) is 48.1 Å². The van der Waals surface area contributed by atoms with Gasteiger partial charge in [0.1, 0.15) is 11.5 Å². The molecule has 166 valence electrons. The van der Waals surface area contributed by atoms with E-state index in [0.29, 0.717) is 31.1 Å². The van der Waals surface area contributed by atoms with E-state index < -0.39 is 21.8 Å². The molecule has 2 aliphatic rings. The number of alkyl halides is 3. The molecule has 1 fully saturated rings. The summed E-state index contributed by atoms with van der Waals surface area (Å²) in [4.78, 5) is 2.28. The van der Waals surface area contributed by atoms with Crippen LogP contribution >= 0.6 is 0 Å². The lowest BCUT2D eigenvalue weighted by Crippen LogP contribution is -2.41. The summed E-state index contributed by atoms with van der Waals surface area (Å²) in [5, 5.41) is 0.992. The molecule has 5 nitrogen and oxygen atoms in total. The van der Waals surface area contributed by atoms with Crippen molar-refractivity contribution >= 4 is 10.0 Å². The van der Waals surface area contributed by atoms with E-state index in [9.17, 15) is 21.6 Å². The summed E-state index contributed by atoms with van der Waals surface area (Å²) in [6, 6.07) is 10.5. The summed E-state index contributed by atoms with van der Waals surface area (Å²) in [5.41, 5.74) is 1.41. The highest BCUT2D eigenvalue weighted by molar-refractivity contribution is 7.92. The minimum atomic E-state index is -4.38. The van der Waals surface area contributed by atoms with Crippen molar-refractivity contribution < 1.29 is 26.3 Å². The summed E-state index contributed by atoms with van der Waals surface area (Å²) >= 11 is 0. The van der Waals surface area contributed by atoms with Gasteiger partial charge in [0.25, 0.3) is 0 Å². The Balaban J connectivity index is 1.46. The molecule has 2 aromatic rings. The Hall–Kier alpha value is -2.36. The van der Waals surface area contributed by atoms with Crippen LogP contribution in [0.3, 0.4) is 0 Å². The number of benzene rings is 2. The first-order chi connectivity index (χ1) is 14.7. The van der Waals surface area contributed by atoms with Gasteiger partial charge in [-0.1, -0.05) is 18.7 Å². The van der Waals surface area contributed by atoms with E-state index >= 15 is 0 Å². The van der Waals surface area contributed by atoms with Crippen LogP contribution in [-0.2, 0) is 29.2 Å². The van der Waals surface area contributed by atoms with Crippen molar-refractivity contribution in [2.24, 2.45) is 0 Å². The van der Waals surface area contributed by atoms with E-state index in [-0.39, 0.29) is 6.04 Å². The van der Waals surface area contributed by atoms with Crippen LogP contribution in [0.15, 0.2) is 54.5 Å². The highest BCUT2D eigenvalue weighted by atomic mass is 32.2. The van der Waals surface area contributed by atoms with Crippen molar-refractivity contribution in [3.63, 3.8) is 0 Å². The standard InChI is InChI=1S/C22H23F3N2O3S/c1-2-31(28,29)27-13-10-18(15-27)26-12-11-20-16(14-26)4-3-5-21(20)30-19-8-6-17(7-9-19)22(23,24)25/h2-9,18H,1,10-15H2. The minimum absolute atomic E-state index is 0.141. The lowest BCUT2D eigenvalue weighted by atomic mass is 9.97. The van der Waals surface area contributed by atoms with Crippen molar-refractivity contribution in [1.29, 1.82) is 0 Å². The monoisotopic (exact) mass is 452 g/mol. The number of sulfonamides is 1. The summed E-state index contributed by atoms with van der Waals surface area (Å²) in [6.45, 7) is 5.76. The number of rotatable bonds is 5. The summed E-state index contributed by atoms with van der Waals surface area (Å²) in [7, 11) is -3.40. The second-order valence-corrected chi connectivity index (χ2v) is 9.63. The highest BCUT2D eigenvalue weighted by Crippen LogP contribution is 2.35. The molecule has 1 atom stereocenters. The zero-order valence-corrected chi connectivity index (χ0v) is 17.6. The lowest BCUT2D eigenvalue weighted by molar-refractivity contribution is -0.137. The smallest absolute Gasteiger partial charge is 0.416 e. The van der Waals surface area contributed by atoms with Gasteiger partial charge in [-0.25, -0.2) is 8.42 Å². The summed E-state index contributed by atoms with van der Waals surface area (Å²) in [5.74, 6) is 0.990. The molecule has 0 N–H and O–H groups in total. The van der Waals surface area contributed by atoms with Gasteiger partial charge in [0.15, 0.2) is 0 Å². The Morgan fingerprint density at radius 1 is 1.10 bits per heavy atom. The SMILES string of the molecule is C=CS(=O)(=O)N1CCC(N2CCc3c(cccc3Oc3ccc(C(F)(F)F)cc3)C2)C1. The number of halogens is 3. The van der Waals surface area contributed by atoms with Crippen LogP contribution in [0.4, 0.5) is 13.2 Å². The number of hydrogen-bond donors (Lipinski definition) is 0. The van der Waals surface area contributed by atoms with Gasteiger partial charge in [-0.2, -0.15) is 17.5 Å². The minimum Gasteiger partial charge on any atom is -0.457 e. The molecule has 0 spiro atoms. The second kappa shape index (κ2) is 8.29. The maximum absolute atomic E-state index is 12.8. The van der Waals surface area contributed by atoms with Crippen LogP contribution in [0.1, 0.15) is 23.1 Å². The topological polar surface area (TPSA) is 49.9 Å². The van der Waals surface area contributed by atoms with E-state index in [1.807, 2.05) is 18.2 Å². The van der Waals surface area contributed by atoms with Gasteiger partial charge in [0.2, 0.25) is 10.0 Å². The molecule has 2 aliphatic heterocycles. The van der Waals surface area contributed by atoms with Gasteiger partial charge < -0.3 is 4.74 Å². The molecule has 1 saturated heterocycles. The molecule has 31 heavy (non-hydrogen) atoms. The predicted octanol–water partition coefficient (Wildman–Crippen LogP) is 4.40. The van der Waals surface area contributed by atoms with Crippen LogP contribution < -0.4 is 4.74 Å². The first kappa shape index (κ1) is 21.9. The Kier molecular flexibility index (Phi) is 5.85. The van der Waals surface area contributed by atoms with Gasteiger partial charge in [0, 0.05) is 43.2 Å². The average molecular weight is 452 g/mol. The maximum atomic E-state index is 12.8. The van der Waals surface area contributed by atoms with Crippen molar-refractivity contribution in [1.82, 2.24) is 9.21 Å². The molecule has 4 rings (SSSR count). The fourth-order valence-corrected chi connectivity index (χ4v) is 5.14. The van der Waals surface area contributed by atoms with Gasteiger partial charge in [0.05, 0.1) is 5.56 Å². The number of fused-ring (bicyclic) bond motifs is 1. The largest absolute Gasteiger partial charge is 0.457 e. The van der Waals surface area contributed by atoms with E-state index in [4.69, 9.17) is 4.74 Å². The van der Waals surface area contributed by atoms with Crippen LogP contribution in [-0.4, -0.2) is 43.3 Å². The Morgan fingerprint density at radius 3 is 2.52 bits per heavy atom. The fourth-order valence-electron chi connectivity index (χ4n) is 4.19. The second-order valence-electron chi connectivity index (χ2n) is 7.75. The zero-order valence-electron chi connectivity index (χ0n) is 16.8. The third-order valence-corrected chi connectivity index (χ3v) is 7.35. The lowest BCUT2D eigenvalue weighted by Gasteiger charge is -2.34. The Bertz CT molecular complexity index is 1070. The van der Waals surface area contributed by atoms with Crippen molar-refractivity contribution in [2.45, 2.75) is 31.6 Å². The van der Waals surface area contributed by atoms with E-state index in [2.05, 4.69) is 11.5 Å². The van der Waals surface area contributed by atoms with Gasteiger partial charge >= 0.3 is 6.18 Å². The molecule has 0 amide bonds. The number of ether oxygens (including phenoxy) is 1. The normalized spacial score (nSPS) is 20.4. The molecule has 2 aromatic carbocycles. The molecule has 1 unspecified atom stereocenters. The van der Waals surface area contributed by atoms with E-state index in [1.165, 1.54) is 16.4 Å². The predicted molar refractivity (Wildman–Crippen MR) is 111 cm³/mol. The van der Waals surface area contributed by atoms with Gasteiger partial charge in [-0.05, 0) is 48.7 Å². The molecule has 2 heterocycles. The third kappa shape index (κ3) is 4.63. The maximum Gasteiger partial charge on any atom is 0.416 e. The highest BCUT2D eigenvalue weighted by Gasteiger charge is 2.35. The Labute approximate surface area is 179 Å². The summed E-state index contributed by atoms with van der Waals surface area (Å²) in [6.07, 6.45) is -2.89. The van der Waals surface area contributed by atoms with Crippen LogP contribution in [0, 0.1) is 0 Å². The van der Waals surface area contributed by atoms with Crippen LogP contribution in [0.25, 0.3) is 0 Å². The van der Waals surface area contributed by atoms with Crippen molar-refractivity contribution in [3.8, 4) is 11.5 Å². The fraction of sp³-hybridized carbons (Fsp3) is 0.364. The number of hydrogen-bond acceptors (Lipinski definition) is 4. The third-order valence-electron chi connectivity index (χ3n) is 5.87. The van der Waals surface area contributed by atoms with Gasteiger partial charge in [-0.3, -0.25) is 4.90 Å². The quantitative estimate of drug-likeness (QED) is 0.675. The molecular weight excluding hydrogens is 429 g/mol. The first-order valence-corrected chi connectivity index (χ1v) is 11.5. The number of nitrogens with zero attached hydrogens (tertiary/aromatic N) is 2. The van der Waals surface area contributed by atoms with E-state index in [1.54, 1.807) is 0 Å². The molecule has 0 aliphatic carbocycles. The molecule has 0 radical (unpaired) electrons. The summed E-state index contributed by atoms with van der Waals surface area (Å²) < 4.78 is 69.7. The van der Waals surface area contributed by atoms with Crippen molar-refractivity contribution in [3.05, 3.63) is 71.1 Å². The van der Waals surface area contributed by atoms with Gasteiger partial charge in [-0.15, -0.1) is 0 Å². The molecule has 9 heteroatoms. The van der Waals surface area contributed by atoms with Crippen LogP contribution in [0.2, 0.25) is 0 Å². The molecule has 0 saturated carbocycles. The first-order valence-electron chi connectivity index (χ1n) is 10.00. The zero-order chi connectivity index (χ0) is 22.2. The molecule has 0 bridgehead atoms. The molecule has 0 aromatic heterocycles. The molecular formula is C22H23F3N2O3S. The average Bonchev–Trinajstić information content (AvgIpc) is 3.25.